The van der Waals surface area contributed by atoms with Crippen LogP contribution in [-0.4, -0.2) is 26.8 Å². The number of fused-ring (bicyclic) bond motifs is 2. The van der Waals surface area contributed by atoms with Gasteiger partial charge in [0.05, 0.1) is 11.2 Å². The summed E-state index contributed by atoms with van der Waals surface area (Å²) in [4.78, 5) is 20.7. The fraction of sp³-hybridized carbons (Fsp3) is 0.450. The van der Waals surface area contributed by atoms with Gasteiger partial charge in [0.25, 0.3) is 0 Å². The third-order valence-corrected chi connectivity index (χ3v) is 13.6. The molecule has 359 valence electrons. The molecule has 2 heterocycles. The third-order valence-electron chi connectivity index (χ3n) is 13.6. The van der Waals surface area contributed by atoms with Gasteiger partial charge in [-0.15, -0.1) is 69.8 Å². The molecule has 0 aliphatic heterocycles. The van der Waals surface area contributed by atoms with Crippen LogP contribution in [0.1, 0.15) is 167 Å². The molecule has 67 heavy (non-hydrogen) atoms. The molecule has 1 N–H and O–H groups in total. The van der Waals surface area contributed by atoms with Gasteiger partial charge in [0, 0.05) is 56.8 Å². The van der Waals surface area contributed by atoms with Crippen LogP contribution >= 0.6 is 0 Å². The Morgan fingerprint density at radius 3 is 1.46 bits per heavy atom. The van der Waals surface area contributed by atoms with Gasteiger partial charge in [-0.3, -0.25) is 4.79 Å². The molecule has 6 aromatic rings. The van der Waals surface area contributed by atoms with E-state index in [1.54, 1.807) is 6.92 Å². The molecule has 0 saturated heterocycles. The van der Waals surface area contributed by atoms with Gasteiger partial charge in [0.2, 0.25) is 5.92 Å². The first kappa shape index (κ1) is 47.5. The monoisotopic (exact) mass is 1090 g/mol. The van der Waals surface area contributed by atoms with Crippen LogP contribution < -0.4 is 0 Å². The van der Waals surface area contributed by atoms with Crippen molar-refractivity contribution in [3.63, 3.8) is 0 Å². The topological polar surface area (TPSA) is 63.1 Å². The van der Waals surface area contributed by atoms with E-state index < -0.39 is 18.3 Å². The summed E-state index contributed by atoms with van der Waals surface area (Å²) in [6, 6.07) is 24.2. The van der Waals surface area contributed by atoms with Crippen molar-refractivity contribution in [3.05, 3.63) is 141 Å². The summed E-state index contributed by atoms with van der Waals surface area (Å²) in [7, 11) is 0. The van der Waals surface area contributed by atoms with E-state index in [-0.39, 0.29) is 62.0 Å². The number of ketones is 1. The summed E-state index contributed by atoms with van der Waals surface area (Å²) in [5.74, 6) is -2.81. The van der Waals surface area contributed by atoms with Crippen LogP contribution in [0.5, 0.6) is 0 Å². The number of hydrogen-bond acceptors (Lipinski definition) is 4. The molecule has 0 amide bonds. The van der Waals surface area contributed by atoms with Gasteiger partial charge in [-0.25, -0.2) is 8.78 Å². The number of halogens is 2. The molecular formula is C60H72F2IrN2O2-2. The van der Waals surface area contributed by atoms with Crippen LogP contribution in [0.3, 0.4) is 0 Å². The smallest absolute Gasteiger partial charge is 0.246 e. The second-order valence-corrected chi connectivity index (χ2v) is 19.2. The van der Waals surface area contributed by atoms with Crippen LogP contribution in [0.2, 0.25) is 0 Å². The summed E-state index contributed by atoms with van der Waals surface area (Å²) < 4.78 is 59.1. The maximum absolute atomic E-state index is 12.9. The summed E-state index contributed by atoms with van der Waals surface area (Å²) in [6.07, 6.45) is 12.7. The van der Waals surface area contributed by atoms with Gasteiger partial charge >= 0.3 is 0 Å². The second kappa shape index (κ2) is 24.1. The van der Waals surface area contributed by atoms with Crippen molar-refractivity contribution >= 4 is 27.3 Å². The number of carbonyl (C=O) groups excluding carboxylic acids is 1. The van der Waals surface area contributed by atoms with E-state index in [0.29, 0.717) is 31.1 Å². The quantitative estimate of drug-likeness (QED) is 0.0754. The Labute approximate surface area is 419 Å². The average Bonchev–Trinajstić information content (AvgIpc) is 4.04. The first-order chi connectivity index (χ1) is 33.1. The van der Waals surface area contributed by atoms with Crippen molar-refractivity contribution in [2.45, 2.75) is 164 Å². The summed E-state index contributed by atoms with van der Waals surface area (Å²) in [5, 5.41) is 13.4. The molecule has 1 unspecified atom stereocenters. The maximum Gasteiger partial charge on any atom is 0.246 e. The van der Waals surface area contributed by atoms with E-state index in [1.807, 2.05) is 27.7 Å². The SMILES string of the molecule is CCC(CC)C(=O)/C=C(\O)C(CC)CC(C)(F)F.[2H]c1nc(-c2[c-]c(C)cc(C)c2)c2cc(C)c(C3CCCC3)cc2c1[2H].[2H]c1nc(-c2[c-]c(C)cc(C)c2)c2cc(C)c(C3CCCC3)cc2c1[2H].[Ir]. The number of aryl methyl sites for hydroxylation is 6. The van der Waals surface area contributed by atoms with E-state index in [4.69, 9.17) is 5.48 Å². The maximum atomic E-state index is 12.9. The van der Waals surface area contributed by atoms with Gasteiger partial charge in [-0.1, -0.05) is 98.4 Å². The van der Waals surface area contributed by atoms with Crippen LogP contribution in [-0.2, 0) is 24.9 Å². The molecule has 1 radical (unpaired) electrons. The zero-order chi connectivity index (χ0) is 51.2. The van der Waals surface area contributed by atoms with E-state index in [0.717, 1.165) is 79.3 Å². The zero-order valence-corrected chi connectivity index (χ0v) is 43.7. The number of aromatic nitrogens is 2. The zero-order valence-electron chi connectivity index (χ0n) is 45.3. The van der Waals surface area contributed by atoms with Gasteiger partial charge < -0.3 is 15.1 Å². The Kier molecular flexibility index (Phi) is 17.1. The van der Waals surface area contributed by atoms with Crippen molar-refractivity contribution in [1.82, 2.24) is 9.97 Å². The molecule has 7 heteroatoms. The molecule has 1 atom stereocenters. The largest absolute Gasteiger partial charge is 0.512 e. The number of rotatable bonds is 12. The fourth-order valence-corrected chi connectivity index (χ4v) is 10.2. The van der Waals surface area contributed by atoms with E-state index in [2.05, 4.69) is 98.3 Å². The molecule has 0 bridgehead atoms. The minimum atomic E-state index is -2.83. The van der Waals surface area contributed by atoms with E-state index in [9.17, 15) is 18.7 Å². The van der Waals surface area contributed by atoms with Crippen molar-refractivity contribution < 1.29 is 44.3 Å². The van der Waals surface area contributed by atoms with Gasteiger partial charge in [0.15, 0.2) is 5.78 Å². The number of nitrogens with zero attached hydrogens (tertiary/aromatic N) is 2. The predicted molar refractivity (Wildman–Crippen MR) is 272 cm³/mol. The number of aliphatic hydroxyl groups excluding tert-OH is 1. The Morgan fingerprint density at radius 2 is 1.10 bits per heavy atom. The number of aliphatic hydroxyl groups is 1. The van der Waals surface area contributed by atoms with E-state index >= 15 is 0 Å². The standard InChI is InChI=1S/2C23H24N.C14H24F2O2.Ir/c2*1-15-10-16(2)12-20(11-15)23-22-13-17(3)21(18-6-4-5-7-18)14-19(22)8-9-24-23;1-5-10(6-2)12(17)8-13(18)11(7-3)9-14(4,15)16;/h2*8-11,13-14,18H,4-7H2,1-3H3;8,10-11,18H,5-7,9H2,1-4H3;/q2*-1;;/b;;13-8-;/i2*8D,9D;;. The second-order valence-electron chi connectivity index (χ2n) is 19.2. The van der Waals surface area contributed by atoms with Crippen molar-refractivity contribution in [3.8, 4) is 22.5 Å². The first-order valence-electron chi connectivity index (χ1n) is 26.3. The van der Waals surface area contributed by atoms with Crippen molar-refractivity contribution in [2.24, 2.45) is 11.8 Å². The van der Waals surface area contributed by atoms with Crippen molar-refractivity contribution in [1.29, 1.82) is 0 Å². The summed E-state index contributed by atoms with van der Waals surface area (Å²) in [6.45, 7) is 18.9. The third kappa shape index (κ3) is 14.0. The van der Waals surface area contributed by atoms with Crippen LogP contribution in [0, 0.1) is 65.5 Å². The number of allylic oxidation sites excluding steroid dienone is 2. The molecular weight excluding hydrogens is 1010 g/mol. The molecule has 4 nitrogen and oxygen atoms in total. The van der Waals surface area contributed by atoms with Crippen molar-refractivity contribution in [2.75, 3.05) is 0 Å². The molecule has 2 fully saturated rings. The van der Waals surface area contributed by atoms with Crippen LogP contribution in [0.4, 0.5) is 8.78 Å². The normalized spacial score (nSPS) is 15.8. The minimum absolute atomic E-state index is 0. The Balaban J connectivity index is 0.000000201. The number of hydrogen-bond donors (Lipinski definition) is 1. The van der Waals surface area contributed by atoms with Crippen LogP contribution in [0.25, 0.3) is 44.1 Å². The summed E-state index contributed by atoms with van der Waals surface area (Å²) >= 11 is 0. The fourth-order valence-electron chi connectivity index (χ4n) is 10.2. The molecule has 0 spiro atoms. The summed E-state index contributed by atoms with van der Waals surface area (Å²) in [5.41, 5.74) is 13.1. The Hall–Kier alpha value is -4.58. The number of pyridine rings is 2. The Morgan fingerprint density at radius 1 is 0.701 bits per heavy atom. The number of alkyl halides is 2. The molecule has 2 aliphatic carbocycles. The molecule has 2 saturated carbocycles. The van der Waals surface area contributed by atoms with Gasteiger partial charge in [-0.2, -0.15) is 0 Å². The molecule has 2 aromatic heterocycles. The minimum Gasteiger partial charge on any atom is -0.512 e. The first-order valence-corrected chi connectivity index (χ1v) is 24.3. The molecule has 4 aromatic carbocycles. The van der Waals surface area contributed by atoms with Gasteiger partial charge in [0.1, 0.15) is 0 Å². The Bertz CT molecular complexity index is 2670. The molecule has 8 rings (SSSR count). The van der Waals surface area contributed by atoms with Gasteiger partial charge in [-0.05, 0) is 145 Å². The molecule has 2 aliphatic rings. The van der Waals surface area contributed by atoms with Crippen LogP contribution in [0.15, 0.2) is 84.8 Å². The average molecular weight is 1090 g/mol. The predicted octanol–water partition coefficient (Wildman–Crippen LogP) is 17.1. The number of carbonyl (C=O) groups is 1. The van der Waals surface area contributed by atoms with E-state index in [1.165, 1.54) is 73.6 Å². The number of benzene rings is 4.